The van der Waals surface area contributed by atoms with E-state index in [-0.39, 0.29) is 0 Å². The number of fused-ring (bicyclic) bond motifs is 2. The molecule has 1 aliphatic rings. The summed E-state index contributed by atoms with van der Waals surface area (Å²) in [5.41, 5.74) is 5.16. The molecule has 4 aromatic rings. The van der Waals surface area contributed by atoms with E-state index in [1.54, 1.807) is 0 Å². The molecule has 0 bridgehead atoms. The third-order valence-corrected chi connectivity index (χ3v) is 7.42. The monoisotopic (exact) mass is 424 g/mol. The Morgan fingerprint density at radius 2 is 1.63 bits per heavy atom. The SMILES string of the molecule is CC[n+]1c(/C=C/C=C2\C=C(c3ccccc3)c3ccccc3S2)sc2ccccc21. The smallest absolute Gasteiger partial charge is 0.182 e. The molecule has 30 heavy (non-hydrogen) atoms. The first-order valence-corrected chi connectivity index (χ1v) is 11.8. The van der Waals surface area contributed by atoms with Crippen LogP contribution in [0, 0.1) is 0 Å². The second kappa shape index (κ2) is 8.47. The lowest BCUT2D eigenvalue weighted by Gasteiger charge is -2.19. The van der Waals surface area contributed by atoms with Gasteiger partial charge in [-0.2, -0.15) is 4.57 Å². The normalized spacial score (nSPS) is 15.0. The molecule has 0 spiro atoms. The molecule has 2 heterocycles. The van der Waals surface area contributed by atoms with E-state index < -0.39 is 0 Å². The third kappa shape index (κ3) is 3.67. The molecule has 5 rings (SSSR count). The van der Waals surface area contributed by atoms with Crippen LogP contribution in [0.25, 0.3) is 21.9 Å². The molecule has 1 aromatic heterocycles. The highest BCUT2D eigenvalue weighted by molar-refractivity contribution is 8.03. The van der Waals surface area contributed by atoms with E-state index in [0.29, 0.717) is 0 Å². The summed E-state index contributed by atoms with van der Waals surface area (Å²) in [6.45, 7) is 3.18. The van der Waals surface area contributed by atoms with E-state index in [4.69, 9.17) is 0 Å². The molecule has 0 amide bonds. The molecule has 0 radical (unpaired) electrons. The number of aryl methyl sites for hydroxylation is 1. The van der Waals surface area contributed by atoms with Crippen molar-refractivity contribution in [3.8, 4) is 0 Å². The van der Waals surface area contributed by atoms with Crippen LogP contribution in [0.2, 0.25) is 0 Å². The first kappa shape index (κ1) is 19.1. The minimum Gasteiger partial charge on any atom is -0.182 e. The minimum atomic E-state index is 0.973. The molecule has 1 aliphatic heterocycles. The molecule has 0 aliphatic carbocycles. The highest BCUT2D eigenvalue weighted by atomic mass is 32.2. The maximum absolute atomic E-state index is 2.38. The van der Waals surface area contributed by atoms with E-state index in [1.807, 2.05) is 23.1 Å². The summed E-state index contributed by atoms with van der Waals surface area (Å²) in [4.78, 5) is 2.57. The molecule has 0 fully saturated rings. The highest BCUT2D eigenvalue weighted by Crippen LogP contribution is 2.42. The van der Waals surface area contributed by atoms with Crippen LogP contribution in [-0.4, -0.2) is 0 Å². The molecule has 0 saturated carbocycles. The summed E-state index contributed by atoms with van der Waals surface area (Å²) in [7, 11) is 0. The van der Waals surface area contributed by atoms with E-state index in [0.717, 1.165) is 6.54 Å². The fraction of sp³-hybridized carbons (Fsp3) is 0.0741. The molecule has 0 N–H and O–H groups in total. The lowest BCUT2D eigenvalue weighted by atomic mass is 9.97. The molecular formula is C27H22NS2+. The molecule has 0 unspecified atom stereocenters. The zero-order valence-corrected chi connectivity index (χ0v) is 18.4. The van der Waals surface area contributed by atoms with Gasteiger partial charge in [0.2, 0.25) is 5.52 Å². The molecule has 0 atom stereocenters. The van der Waals surface area contributed by atoms with Crippen LogP contribution in [0.4, 0.5) is 0 Å². The first-order valence-electron chi connectivity index (χ1n) is 10.2. The largest absolute Gasteiger partial charge is 0.262 e. The van der Waals surface area contributed by atoms with E-state index in [2.05, 4.69) is 115 Å². The number of allylic oxidation sites excluding steroid dienone is 3. The van der Waals surface area contributed by atoms with E-state index in [9.17, 15) is 0 Å². The van der Waals surface area contributed by atoms with Gasteiger partial charge in [-0.15, -0.1) is 0 Å². The molecule has 3 heteroatoms. The number of hydrogen-bond donors (Lipinski definition) is 0. The maximum atomic E-state index is 2.38. The van der Waals surface area contributed by atoms with Crippen molar-refractivity contribution >= 4 is 45.0 Å². The average molecular weight is 425 g/mol. The zero-order valence-electron chi connectivity index (χ0n) is 16.8. The van der Waals surface area contributed by atoms with Crippen molar-refractivity contribution in [2.75, 3.05) is 0 Å². The van der Waals surface area contributed by atoms with E-state index >= 15 is 0 Å². The number of rotatable bonds is 4. The number of thiazole rings is 1. The van der Waals surface area contributed by atoms with Crippen molar-refractivity contribution in [1.82, 2.24) is 0 Å². The van der Waals surface area contributed by atoms with Crippen molar-refractivity contribution in [2.24, 2.45) is 0 Å². The number of benzene rings is 3. The van der Waals surface area contributed by atoms with Crippen LogP contribution in [0.5, 0.6) is 0 Å². The molecular weight excluding hydrogens is 402 g/mol. The number of thioether (sulfide) groups is 1. The van der Waals surface area contributed by atoms with Crippen molar-refractivity contribution < 1.29 is 4.57 Å². The van der Waals surface area contributed by atoms with Crippen LogP contribution < -0.4 is 4.57 Å². The van der Waals surface area contributed by atoms with Gasteiger partial charge in [0.1, 0.15) is 11.2 Å². The summed E-state index contributed by atoms with van der Waals surface area (Å²) < 4.78 is 3.71. The molecule has 3 aromatic carbocycles. The summed E-state index contributed by atoms with van der Waals surface area (Å²) in [5, 5.41) is 1.28. The Morgan fingerprint density at radius 1 is 0.867 bits per heavy atom. The van der Waals surface area contributed by atoms with Crippen LogP contribution in [0.15, 0.2) is 107 Å². The van der Waals surface area contributed by atoms with E-state index in [1.165, 1.54) is 41.7 Å². The minimum absolute atomic E-state index is 0.973. The van der Waals surface area contributed by atoms with Gasteiger partial charge >= 0.3 is 0 Å². The van der Waals surface area contributed by atoms with Gasteiger partial charge in [-0.25, -0.2) is 0 Å². The summed E-state index contributed by atoms with van der Waals surface area (Å²) in [6.07, 6.45) is 8.96. The van der Waals surface area contributed by atoms with Gasteiger partial charge in [0.15, 0.2) is 0 Å². The summed E-state index contributed by atoms with van der Waals surface area (Å²) >= 11 is 3.68. The van der Waals surface area contributed by atoms with Gasteiger partial charge in [0, 0.05) is 21.9 Å². The van der Waals surface area contributed by atoms with Crippen molar-refractivity contribution in [1.29, 1.82) is 0 Å². The number of aromatic nitrogens is 1. The zero-order chi connectivity index (χ0) is 20.3. The van der Waals surface area contributed by atoms with Crippen LogP contribution >= 0.6 is 23.1 Å². The lowest BCUT2D eigenvalue weighted by Crippen LogP contribution is -2.33. The van der Waals surface area contributed by atoms with Crippen LogP contribution in [-0.2, 0) is 6.54 Å². The van der Waals surface area contributed by atoms with Crippen molar-refractivity contribution in [3.63, 3.8) is 0 Å². The fourth-order valence-electron chi connectivity index (χ4n) is 3.82. The number of para-hydroxylation sites is 1. The Hall–Kier alpha value is -2.88. The standard InChI is InChI=1S/C27H22NS2/c1-2-28-24-15-7-9-17-26(24)30-27(28)18-10-13-21-19-23(20-11-4-3-5-12-20)22-14-6-8-16-25(22)29-21/h3-19H,2H2,1H3/q+1/b18-10+,21-13+. The quantitative estimate of drug-likeness (QED) is 0.310. The van der Waals surface area contributed by atoms with Gasteiger partial charge in [-0.3, -0.25) is 0 Å². The fourth-order valence-corrected chi connectivity index (χ4v) is 5.97. The Labute approximate surface area is 185 Å². The molecule has 1 nitrogen and oxygen atoms in total. The Balaban J connectivity index is 1.52. The van der Waals surface area contributed by atoms with Crippen LogP contribution in [0.1, 0.15) is 23.1 Å². The van der Waals surface area contributed by atoms with Gasteiger partial charge in [0.05, 0.1) is 0 Å². The van der Waals surface area contributed by atoms with Gasteiger partial charge in [-0.1, -0.05) is 89.8 Å². The number of nitrogens with zero attached hydrogens (tertiary/aromatic N) is 1. The van der Waals surface area contributed by atoms with Gasteiger partial charge in [-0.05, 0) is 47.9 Å². The predicted molar refractivity (Wildman–Crippen MR) is 131 cm³/mol. The topological polar surface area (TPSA) is 3.88 Å². The van der Waals surface area contributed by atoms with Gasteiger partial charge in [0.25, 0.3) is 5.01 Å². The lowest BCUT2D eigenvalue weighted by molar-refractivity contribution is -0.665. The molecule has 146 valence electrons. The van der Waals surface area contributed by atoms with Crippen molar-refractivity contribution in [3.05, 3.63) is 118 Å². The second-order valence-electron chi connectivity index (χ2n) is 7.10. The molecule has 0 saturated heterocycles. The third-order valence-electron chi connectivity index (χ3n) is 5.23. The summed E-state index contributed by atoms with van der Waals surface area (Å²) in [5.74, 6) is 0. The highest BCUT2D eigenvalue weighted by Gasteiger charge is 2.17. The first-order chi connectivity index (χ1) is 14.8. The average Bonchev–Trinajstić information content (AvgIpc) is 3.16. The second-order valence-corrected chi connectivity index (χ2v) is 9.28. The number of hydrogen-bond acceptors (Lipinski definition) is 2. The predicted octanol–water partition coefficient (Wildman–Crippen LogP) is 7.34. The summed E-state index contributed by atoms with van der Waals surface area (Å²) in [6, 6.07) is 28.0. The Kier molecular flexibility index (Phi) is 5.39. The Bertz CT molecular complexity index is 1290. The Morgan fingerprint density at radius 3 is 2.50 bits per heavy atom. The van der Waals surface area contributed by atoms with Crippen LogP contribution in [0.3, 0.4) is 0 Å². The van der Waals surface area contributed by atoms with Gasteiger partial charge < -0.3 is 0 Å². The maximum Gasteiger partial charge on any atom is 0.262 e. The van der Waals surface area contributed by atoms with Crippen molar-refractivity contribution in [2.45, 2.75) is 18.4 Å².